The molecule has 1 aromatic carbocycles. The summed E-state index contributed by atoms with van der Waals surface area (Å²) in [5.74, 6) is 0.214. The van der Waals surface area contributed by atoms with Crippen LogP contribution in [0, 0.1) is 0 Å². The Balaban J connectivity index is 1.49. The number of H-pyrrole nitrogens is 1. The van der Waals surface area contributed by atoms with Crippen LogP contribution in [-0.2, 0) is 17.9 Å². The number of alkyl halides is 3. The molecule has 0 radical (unpaired) electrons. The number of nitrogens with one attached hydrogen (secondary N) is 2. The standard InChI is InChI=1S/C18H16F3N3O3/c19-18(20,21)11-26-10-13-5-3-12(4-6-13)9-22-17(25)15-8-14(23-24-15)16-2-1-7-27-16/h1-8H,9-11H2,(H,22,25)(H,23,24). The molecule has 1 amide bonds. The lowest BCUT2D eigenvalue weighted by Crippen LogP contribution is -2.23. The zero-order chi connectivity index (χ0) is 19.3. The lowest BCUT2D eigenvalue weighted by Gasteiger charge is -2.08. The van der Waals surface area contributed by atoms with Crippen molar-refractivity contribution in [2.75, 3.05) is 6.61 Å². The van der Waals surface area contributed by atoms with Gasteiger partial charge in [0.25, 0.3) is 5.91 Å². The van der Waals surface area contributed by atoms with E-state index in [1.165, 1.54) is 6.26 Å². The fraction of sp³-hybridized carbons (Fsp3) is 0.222. The number of hydrogen-bond donors (Lipinski definition) is 2. The maximum atomic E-state index is 12.2. The van der Waals surface area contributed by atoms with Crippen LogP contribution in [-0.4, -0.2) is 28.9 Å². The highest BCUT2D eigenvalue weighted by molar-refractivity contribution is 5.93. The molecular weight excluding hydrogens is 363 g/mol. The topological polar surface area (TPSA) is 80.1 Å². The average Bonchev–Trinajstić information content (AvgIpc) is 3.31. The predicted octanol–water partition coefficient (Wildman–Crippen LogP) is 3.68. The van der Waals surface area contributed by atoms with Gasteiger partial charge in [-0.2, -0.15) is 18.3 Å². The van der Waals surface area contributed by atoms with Gasteiger partial charge in [-0.05, 0) is 23.3 Å². The highest BCUT2D eigenvalue weighted by Gasteiger charge is 2.27. The van der Waals surface area contributed by atoms with Crippen molar-refractivity contribution in [3.8, 4) is 11.5 Å². The molecule has 9 heteroatoms. The maximum Gasteiger partial charge on any atom is 0.411 e. The Morgan fingerprint density at radius 2 is 1.93 bits per heavy atom. The molecule has 27 heavy (non-hydrogen) atoms. The van der Waals surface area contributed by atoms with Crippen LogP contribution in [0.25, 0.3) is 11.5 Å². The molecule has 3 rings (SSSR count). The predicted molar refractivity (Wildman–Crippen MR) is 89.6 cm³/mol. The summed E-state index contributed by atoms with van der Waals surface area (Å²) in [5, 5.41) is 9.40. The van der Waals surface area contributed by atoms with E-state index in [2.05, 4.69) is 20.3 Å². The molecule has 0 aliphatic carbocycles. The smallest absolute Gasteiger partial charge is 0.411 e. The number of amides is 1. The van der Waals surface area contributed by atoms with Gasteiger partial charge in [-0.25, -0.2) is 0 Å². The molecule has 2 aromatic heterocycles. The molecule has 0 atom stereocenters. The van der Waals surface area contributed by atoms with E-state index in [1.54, 1.807) is 42.5 Å². The highest BCUT2D eigenvalue weighted by Crippen LogP contribution is 2.18. The van der Waals surface area contributed by atoms with Crippen LogP contribution in [0.5, 0.6) is 0 Å². The first-order chi connectivity index (χ1) is 12.9. The van der Waals surface area contributed by atoms with Crippen LogP contribution < -0.4 is 5.32 Å². The third-order valence-corrected chi connectivity index (χ3v) is 3.61. The molecule has 0 bridgehead atoms. The van der Waals surface area contributed by atoms with Gasteiger partial charge in [-0.3, -0.25) is 9.89 Å². The Bertz CT molecular complexity index is 871. The van der Waals surface area contributed by atoms with Gasteiger partial charge in [0, 0.05) is 12.6 Å². The molecule has 142 valence electrons. The molecule has 0 aliphatic heterocycles. The summed E-state index contributed by atoms with van der Waals surface area (Å²) in [4.78, 5) is 12.2. The number of rotatable bonds is 7. The second-order valence-corrected chi connectivity index (χ2v) is 5.75. The minimum absolute atomic E-state index is 0.130. The van der Waals surface area contributed by atoms with Crippen LogP contribution in [0.4, 0.5) is 13.2 Å². The van der Waals surface area contributed by atoms with Gasteiger partial charge < -0.3 is 14.5 Å². The molecule has 0 fully saturated rings. The third kappa shape index (κ3) is 5.45. The van der Waals surface area contributed by atoms with Crippen LogP contribution >= 0.6 is 0 Å². The van der Waals surface area contributed by atoms with Crippen molar-refractivity contribution >= 4 is 5.91 Å². The van der Waals surface area contributed by atoms with E-state index < -0.39 is 12.8 Å². The van der Waals surface area contributed by atoms with Crippen molar-refractivity contribution in [3.63, 3.8) is 0 Å². The van der Waals surface area contributed by atoms with Gasteiger partial charge in [0.2, 0.25) is 0 Å². The first-order valence-corrected chi connectivity index (χ1v) is 8.00. The Hall–Kier alpha value is -3.07. The first-order valence-electron chi connectivity index (χ1n) is 8.00. The fourth-order valence-electron chi connectivity index (χ4n) is 2.31. The Morgan fingerprint density at radius 1 is 1.19 bits per heavy atom. The summed E-state index contributed by atoms with van der Waals surface area (Å²) in [6, 6.07) is 11.8. The van der Waals surface area contributed by atoms with E-state index in [-0.39, 0.29) is 24.8 Å². The fourth-order valence-corrected chi connectivity index (χ4v) is 2.31. The van der Waals surface area contributed by atoms with E-state index >= 15 is 0 Å². The van der Waals surface area contributed by atoms with Gasteiger partial charge in [-0.1, -0.05) is 24.3 Å². The number of ether oxygens (including phenoxy) is 1. The summed E-state index contributed by atoms with van der Waals surface area (Å²) in [5.41, 5.74) is 2.22. The molecule has 2 N–H and O–H groups in total. The van der Waals surface area contributed by atoms with Crippen molar-refractivity contribution < 1.29 is 27.1 Å². The van der Waals surface area contributed by atoms with Crippen LogP contribution in [0.3, 0.4) is 0 Å². The summed E-state index contributed by atoms with van der Waals surface area (Å²) in [7, 11) is 0. The number of nitrogens with zero attached hydrogens (tertiary/aromatic N) is 1. The molecule has 6 nitrogen and oxygen atoms in total. The Kier molecular flexibility index (Phi) is 5.60. The number of benzene rings is 1. The minimum atomic E-state index is -4.34. The van der Waals surface area contributed by atoms with Gasteiger partial charge in [0.15, 0.2) is 11.5 Å². The molecule has 0 aliphatic rings. The first kappa shape index (κ1) is 18.7. The molecule has 0 saturated heterocycles. The number of carbonyl (C=O) groups is 1. The number of furan rings is 1. The van der Waals surface area contributed by atoms with Gasteiger partial charge in [-0.15, -0.1) is 0 Å². The second kappa shape index (κ2) is 8.09. The van der Waals surface area contributed by atoms with Crippen LogP contribution in [0.2, 0.25) is 0 Å². The van der Waals surface area contributed by atoms with Crippen molar-refractivity contribution in [1.29, 1.82) is 0 Å². The SMILES string of the molecule is O=C(NCc1ccc(COCC(F)(F)F)cc1)c1cc(-c2ccco2)[nH]n1. The van der Waals surface area contributed by atoms with Crippen molar-refractivity contribution in [3.05, 3.63) is 65.5 Å². The van der Waals surface area contributed by atoms with E-state index in [1.807, 2.05) is 0 Å². The quantitative estimate of drug-likeness (QED) is 0.656. The largest absolute Gasteiger partial charge is 0.463 e. The molecule has 0 unspecified atom stereocenters. The number of carbonyl (C=O) groups excluding carboxylic acids is 1. The molecule has 0 spiro atoms. The van der Waals surface area contributed by atoms with E-state index in [0.29, 0.717) is 17.0 Å². The third-order valence-electron chi connectivity index (χ3n) is 3.61. The summed E-state index contributed by atoms with van der Waals surface area (Å²) >= 11 is 0. The lowest BCUT2D eigenvalue weighted by atomic mass is 10.1. The summed E-state index contributed by atoms with van der Waals surface area (Å²) < 4.78 is 45.9. The van der Waals surface area contributed by atoms with Gasteiger partial charge in [0.05, 0.1) is 12.9 Å². The molecule has 2 heterocycles. The number of hydrogen-bond acceptors (Lipinski definition) is 4. The number of aromatic amines is 1. The van der Waals surface area contributed by atoms with Crippen molar-refractivity contribution in [1.82, 2.24) is 15.5 Å². The van der Waals surface area contributed by atoms with Crippen molar-refractivity contribution in [2.24, 2.45) is 0 Å². The van der Waals surface area contributed by atoms with E-state index in [4.69, 9.17) is 4.42 Å². The van der Waals surface area contributed by atoms with Gasteiger partial charge >= 0.3 is 6.18 Å². The van der Waals surface area contributed by atoms with Gasteiger partial charge in [0.1, 0.15) is 12.3 Å². The Morgan fingerprint density at radius 3 is 2.59 bits per heavy atom. The van der Waals surface area contributed by atoms with Crippen LogP contribution in [0.15, 0.2) is 53.1 Å². The average molecular weight is 379 g/mol. The van der Waals surface area contributed by atoms with E-state index in [0.717, 1.165) is 5.56 Å². The number of halogens is 3. The van der Waals surface area contributed by atoms with Crippen molar-refractivity contribution in [2.45, 2.75) is 19.3 Å². The maximum absolute atomic E-state index is 12.2. The summed E-state index contributed by atoms with van der Waals surface area (Å²) in [6.07, 6.45) is -2.82. The normalized spacial score (nSPS) is 11.5. The number of aromatic nitrogens is 2. The highest BCUT2D eigenvalue weighted by atomic mass is 19.4. The lowest BCUT2D eigenvalue weighted by molar-refractivity contribution is -0.176. The monoisotopic (exact) mass is 379 g/mol. The molecule has 0 saturated carbocycles. The zero-order valence-corrected chi connectivity index (χ0v) is 14.0. The minimum Gasteiger partial charge on any atom is -0.463 e. The molecular formula is C18H16F3N3O3. The summed E-state index contributed by atoms with van der Waals surface area (Å²) in [6.45, 7) is -1.16. The second-order valence-electron chi connectivity index (χ2n) is 5.75. The Labute approximate surface area is 152 Å². The van der Waals surface area contributed by atoms with Crippen LogP contribution in [0.1, 0.15) is 21.6 Å². The van der Waals surface area contributed by atoms with E-state index in [9.17, 15) is 18.0 Å². The zero-order valence-electron chi connectivity index (χ0n) is 14.0. The molecule has 3 aromatic rings.